The molecule has 0 aliphatic heterocycles. The molecule has 0 aromatic heterocycles. The molecule has 0 aliphatic carbocycles. The molecule has 6 nitrogen and oxygen atoms in total. The highest BCUT2D eigenvalue weighted by molar-refractivity contribution is 5.94. The zero-order valence-electron chi connectivity index (χ0n) is 18.3. The molecular formula is C24H34N4O2. The Bertz CT molecular complexity index is 786. The van der Waals surface area contributed by atoms with Gasteiger partial charge in [-0.2, -0.15) is 0 Å². The summed E-state index contributed by atoms with van der Waals surface area (Å²) < 4.78 is 5.19. The van der Waals surface area contributed by atoms with Crippen molar-refractivity contribution < 1.29 is 9.53 Å². The van der Waals surface area contributed by atoms with Crippen LogP contribution in [0.25, 0.3) is 0 Å². The predicted molar refractivity (Wildman–Crippen MR) is 123 cm³/mol. The fraction of sp³-hybridized carbons (Fsp3) is 0.417. The lowest BCUT2D eigenvalue weighted by Crippen LogP contribution is -2.38. The molecule has 30 heavy (non-hydrogen) atoms. The number of hydrogen-bond acceptors (Lipinski definition) is 3. The van der Waals surface area contributed by atoms with E-state index in [4.69, 9.17) is 4.74 Å². The van der Waals surface area contributed by atoms with Crippen LogP contribution in [0.3, 0.4) is 0 Å². The van der Waals surface area contributed by atoms with Crippen molar-refractivity contribution in [3.63, 3.8) is 0 Å². The van der Waals surface area contributed by atoms with Crippen LogP contribution in [0.4, 0.5) is 0 Å². The Morgan fingerprint density at radius 2 is 1.60 bits per heavy atom. The molecule has 1 amide bonds. The maximum atomic E-state index is 12.1. The summed E-state index contributed by atoms with van der Waals surface area (Å²) in [5.41, 5.74) is 2.99. The highest BCUT2D eigenvalue weighted by atomic mass is 16.5. The lowest BCUT2D eigenvalue weighted by Gasteiger charge is -2.12. The molecule has 0 atom stereocenters. The van der Waals surface area contributed by atoms with E-state index < -0.39 is 0 Å². The first-order chi connectivity index (χ1) is 14.7. The Morgan fingerprint density at radius 1 is 0.900 bits per heavy atom. The van der Waals surface area contributed by atoms with E-state index in [0.717, 1.165) is 56.2 Å². The maximum absolute atomic E-state index is 12.1. The summed E-state index contributed by atoms with van der Waals surface area (Å²) >= 11 is 0. The predicted octanol–water partition coefficient (Wildman–Crippen LogP) is 3.52. The molecule has 162 valence electrons. The van der Waals surface area contributed by atoms with E-state index >= 15 is 0 Å². The SMILES string of the molecule is CCCCNC(=O)c1ccc(CN=C(NCC)NCCc2ccc(OC)cc2)cc1. The van der Waals surface area contributed by atoms with Crippen LogP contribution < -0.4 is 20.7 Å². The van der Waals surface area contributed by atoms with Gasteiger partial charge < -0.3 is 20.7 Å². The largest absolute Gasteiger partial charge is 0.497 e. The van der Waals surface area contributed by atoms with Crippen molar-refractivity contribution in [2.45, 2.75) is 39.7 Å². The van der Waals surface area contributed by atoms with E-state index in [9.17, 15) is 4.79 Å². The standard InChI is InChI=1S/C24H34N4O2/c1-4-6-16-26-23(29)21-11-7-20(8-12-21)18-28-24(25-5-2)27-17-15-19-9-13-22(30-3)14-10-19/h7-14H,4-6,15-18H2,1-3H3,(H,26,29)(H2,25,27,28). The smallest absolute Gasteiger partial charge is 0.251 e. The Morgan fingerprint density at radius 3 is 2.23 bits per heavy atom. The van der Waals surface area contributed by atoms with Gasteiger partial charge in [-0.3, -0.25) is 4.79 Å². The van der Waals surface area contributed by atoms with Crippen molar-refractivity contribution in [1.82, 2.24) is 16.0 Å². The highest BCUT2D eigenvalue weighted by Gasteiger charge is 2.04. The van der Waals surface area contributed by atoms with Gasteiger partial charge in [0, 0.05) is 25.2 Å². The van der Waals surface area contributed by atoms with Crippen molar-refractivity contribution in [2.24, 2.45) is 4.99 Å². The first-order valence-electron chi connectivity index (χ1n) is 10.7. The summed E-state index contributed by atoms with van der Waals surface area (Å²) in [5.74, 6) is 1.63. The third kappa shape index (κ3) is 8.15. The molecule has 2 aromatic rings. The van der Waals surface area contributed by atoms with E-state index in [1.165, 1.54) is 5.56 Å². The summed E-state index contributed by atoms with van der Waals surface area (Å²) in [6, 6.07) is 15.7. The van der Waals surface area contributed by atoms with Crippen LogP contribution >= 0.6 is 0 Å². The van der Waals surface area contributed by atoms with Gasteiger partial charge >= 0.3 is 0 Å². The van der Waals surface area contributed by atoms with Crippen molar-refractivity contribution in [3.05, 3.63) is 65.2 Å². The van der Waals surface area contributed by atoms with Crippen molar-refractivity contribution in [3.8, 4) is 5.75 Å². The average molecular weight is 411 g/mol. The van der Waals surface area contributed by atoms with E-state index in [1.807, 2.05) is 43.3 Å². The number of methoxy groups -OCH3 is 1. The van der Waals surface area contributed by atoms with Gasteiger partial charge in [-0.1, -0.05) is 37.6 Å². The minimum atomic E-state index is -0.0213. The molecule has 0 unspecified atom stereocenters. The van der Waals surface area contributed by atoms with Crippen molar-refractivity contribution in [2.75, 3.05) is 26.7 Å². The number of nitrogens with zero attached hydrogens (tertiary/aromatic N) is 1. The number of amides is 1. The van der Waals surface area contributed by atoms with E-state index in [0.29, 0.717) is 12.1 Å². The molecule has 3 N–H and O–H groups in total. The number of carbonyl (C=O) groups excluding carboxylic acids is 1. The molecule has 0 saturated carbocycles. The number of carbonyl (C=O) groups is 1. The Hall–Kier alpha value is -3.02. The van der Waals surface area contributed by atoms with Gasteiger partial charge in [-0.05, 0) is 55.2 Å². The maximum Gasteiger partial charge on any atom is 0.251 e. The Balaban J connectivity index is 1.84. The van der Waals surface area contributed by atoms with Crippen LogP contribution in [-0.4, -0.2) is 38.6 Å². The number of rotatable bonds is 11. The van der Waals surface area contributed by atoms with Gasteiger partial charge in [0.15, 0.2) is 5.96 Å². The third-order valence-electron chi connectivity index (χ3n) is 4.66. The second-order valence-electron chi connectivity index (χ2n) is 7.03. The summed E-state index contributed by atoms with van der Waals surface area (Å²) in [5, 5.41) is 9.58. The van der Waals surface area contributed by atoms with Gasteiger partial charge in [0.05, 0.1) is 13.7 Å². The average Bonchev–Trinajstić information content (AvgIpc) is 2.78. The van der Waals surface area contributed by atoms with E-state index in [2.05, 4.69) is 40.0 Å². The van der Waals surface area contributed by atoms with Crippen LogP contribution in [0.1, 0.15) is 48.2 Å². The van der Waals surface area contributed by atoms with Crippen LogP contribution in [0, 0.1) is 0 Å². The minimum Gasteiger partial charge on any atom is -0.497 e. The second-order valence-corrected chi connectivity index (χ2v) is 7.03. The van der Waals surface area contributed by atoms with E-state index in [1.54, 1.807) is 7.11 Å². The molecule has 0 spiro atoms. The second kappa shape index (κ2) is 13.2. The van der Waals surface area contributed by atoms with Crippen molar-refractivity contribution >= 4 is 11.9 Å². The number of aliphatic imine (C=N–C) groups is 1. The number of ether oxygens (including phenoxy) is 1. The summed E-state index contributed by atoms with van der Waals surface area (Å²) in [6.07, 6.45) is 2.97. The zero-order chi connectivity index (χ0) is 21.6. The molecule has 2 aromatic carbocycles. The summed E-state index contributed by atoms with van der Waals surface area (Å²) in [4.78, 5) is 16.7. The molecule has 6 heteroatoms. The first-order valence-corrected chi connectivity index (χ1v) is 10.7. The lowest BCUT2D eigenvalue weighted by atomic mass is 10.1. The number of benzene rings is 2. The van der Waals surface area contributed by atoms with Gasteiger partial charge in [0.1, 0.15) is 5.75 Å². The molecule has 0 aliphatic rings. The van der Waals surface area contributed by atoms with E-state index in [-0.39, 0.29) is 5.91 Å². The minimum absolute atomic E-state index is 0.0213. The zero-order valence-corrected chi connectivity index (χ0v) is 18.3. The lowest BCUT2D eigenvalue weighted by molar-refractivity contribution is 0.0953. The molecule has 0 radical (unpaired) electrons. The summed E-state index contributed by atoms with van der Waals surface area (Å²) in [6.45, 7) is 7.01. The van der Waals surface area contributed by atoms with Crippen LogP contribution in [-0.2, 0) is 13.0 Å². The highest BCUT2D eigenvalue weighted by Crippen LogP contribution is 2.11. The number of guanidine groups is 1. The normalized spacial score (nSPS) is 11.1. The third-order valence-corrected chi connectivity index (χ3v) is 4.66. The number of nitrogens with one attached hydrogen (secondary N) is 3. The fourth-order valence-corrected chi connectivity index (χ4v) is 2.87. The first kappa shape index (κ1) is 23.3. The van der Waals surface area contributed by atoms with Crippen LogP contribution in [0.5, 0.6) is 5.75 Å². The number of unbranched alkanes of at least 4 members (excludes halogenated alkanes) is 1. The Labute approximate surface area is 180 Å². The molecule has 0 saturated heterocycles. The van der Waals surface area contributed by atoms with Gasteiger partial charge in [-0.15, -0.1) is 0 Å². The molecular weight excluding hydrogens is 376 g/mol. The van der Waals surface area contributed by atoms with Gasteiger partial charge in [0.25, 0.3) is 5.91 Å². The molecule has 0 heterocycles. The molecule has 2 rings (SSSR count). The quantitative estimate of drug-likeness (QED) is 0.301. The topological polar surface area (TPSA) is 74.8 Å². The van der Waals surface area contributed by atoms with Gasteiger partial charge in [0.2, 0.25) is 0 Å². The number of hydrogen-bond donors (Lipinski definition) is 3. The van der Waals surface area contributed by atoms with Crippen LogP contribution in [0.15, 0.2) is 53.5 Å². The Kier molecular flexibility index (Phi) is 10.3. The molecule has 0 fully saturated rings. The summed E-state index contributed by atoms with van der Waals surface area (Å²) in [7, 11) is 1.67. The van der Waals surface area contributed by atoms with Gasteiger partial charge in [-0.25, -0.2) is 4.99 Å². The monoisotopic (exact) mass is 410 g/mol. The van der Waals surface area contributed by atoms with Crippen molar-refractivity contribution in [1.29, 1.82) is 0 Å². The molecule has 0 bridgehead atoms. The van der Waals surface area contributed by atoms with Crippen LogP contribution in [0.2, 0.25) is 0 Å². The fourth-order valence-electron chi connectivity index (χ4n) is 2.87.